The molecule has 1 N–H and O–H groups in total. The van der Waals surface area contributed by atoms with E-state index in [-0.39, 0.29) is 0 Å². The first-order chi connectivity index (χ1) is 6.34. The minimum Gasteiger partial charge on any atom is -0.475 e. The number of aliphatic carboxylic acids is 1. The minimum atomic E-state index is -5.08. The molecule has 0 aromatic carbocycles. The Morgan fingerprint density at radius 1 is 1.50 bits per heavy atom. The van der Waals surface area contributed by atoms with Gasteiger partial charge < -0.3 is 5.11 Å². The summed E-state index contributed by atoms with van der Waals surface area (Å²) in [5.41, 5.74) is 0. The zero-order chi connectivity index (χ0) is 11.2. The molecule has 0 radical (unpaired) electrons. The van der Waals surface area contributed by atoms with Crippen molar-refractivity contribution in [3.05, 3.63) is 17.2 Å². The Morgan fingerprint density at radius 3 is 2.14 bits per heavy atom. The van der Waals surface area contributed by atoms with E-state index < -0.39 is 12.1 Å². The van der Waals surface area contributed by atoms with E-state index >= 15 is 0 Å². The molecule has 0 aliphatic carbocycles. The van der Waals surface area contributed by atoms with Crippen LogP contribution in [0.25, 0.3) is 0 Å². The van der Waals surface area contributed by atoms with Crippen LogP contribution in [0, 0.1) is 4.91 Å². The Labute approximate surface area is 76.1 Å². The number of hydrogen-bond acceptors (Lipinski definition) is 3. The molecular weight excluding hydrogens is 205 g/mol. The molecule has 0 amide bonds. The van der Waals surface area contributed by atoms with Gasteiger partial charge in [0, 0.05) is 6.08 Å². The highest BCUT2D eigenvalue weighted by atomic mass is 19.4. The normalized spacial score (nSPS) is 14.6. The molecule has 1 aliphatic heterocycles. The van der Waals surface area contributed by atoms with Crippen LogP contribution in [-0.2, 0) is 4.79 Å². The fourth-order valence-electron chi connectivity index (χ4n) is 0.372. The standard InChI is InChI=1S/C4H5N2O.C2HF3O2/c7-6-3-1-2-5-4-6;3-2(4,5)1(6)7/h1-2,4H,3H2;(H,6,7)/q+1;. The number of rotatable bonds is 0. The zero-order valence-corrected chi connectivity index (χ0v) is 6.73. The average molecular weight is 211 g/mol. The quantitative estimate of drug-likeness (QED) is 0.606. The highest BCUT2D eigenvalue weighted by Gasteiger charge is 2.38. The predicted molar refractivity (Wildman–Crippen MR) is 39.8 cm³/mol. The number of carbonyl (C=O) groups is 1. The maximum atomic E-state index is 10.6. The van der Waals surface area contributed by atoms with Crippen LogP contribution in [0.2, 0.25) is 0 Å². The summed E-state index contributed by atoms with van der Waals surface area (Å²) < 4.78 is 32.5. The van der Waals surface area contributed by atoms with Crippen molar-refractivity contribution < 1.29 is 27.8 Å². The molecule has 14 heavy (non-hydrogen) atoms. The lowest BCUT2D eigenvalue weighted by molar-refractivity contribution is -0.410. The number of nitroso groups, excluding NO2 is 1. The third-order valence-corrected chi connectivity index (χ3v) is 0.915. The number of alkyl halides is 3. The number of hydrogen-bond donors (Lipinski definition) is 1. The van der Waals surface area contributed by atoms with Crippen LogP contribution in [-0.4, -0.2) is 34.9 Å². The smallest absolute Gasteiger partial charge is 0.475 e. The van der Waals surface area contributed by atoms with Crippen molar-refractivity contribution in [1.29, 1.82) is 0 Å². The molecule has 0 saturated carbocycles. The van der Waals surface area contributed by atoms with Crippen LogP contribution in [0.4, 0.5) is 13.2 Å². The minimum absolute atomic E-state index is 0.434. The maximum absolute atomic E-state index is 10.6. The summed E-state index contributed by atoms with van der Waals surface area (Å²) in [6, 6.07) is 0. The van der Waals surface area contributed by atoms with Crippen molar-refractivity contribution >= 4 is 12.3 Å². The average Bonchev–Trinajstić information content (AvgIpc) is 2.04. The lowest BCUT2D eigenvalue weighted by Gasteiger charge is -1.93. The van der Waals surface area contributed by atoms with Gasteiger partial charge in [-0.1, -0.05) is 9.90 Å². The summed E-state index contributed by atoms with van der Waals surface area (Å²) >= 11 is 0. The van der Waals surface area contributed by atoms with E-state index in [0.29, 0.717) is 6.54 Å². The summed E-state index contributed by atoms with van der Waals surface area (Å²) in [4.78, 5) is 22.6. The predicted octanol–water partition coefficient (Wildman–Crippen LogP) is 0.954. The lowest BCUT2D eigenvalue weighted by Crippen LogP contribution is -2.21. The molecule has 0 bridgehead atoms. The number of nitrogens with zero attached hydrogens (tertiary/aromatic N) is 2. The molecule has 1 aliphatic rings. The molecule has 8 heteroatoms. The van der Waals surface area contributed by atoms with E-state index in [9.17, 15) is 18.1 Å². The van der Waals surface area contributed by atoms with Gasteiger partial charge in [0.2, 0.25) is 0 Å². The molecule has 0 saturated heterocycles. The van der Waals surface area contributed by atoms with E-state index in [1.165, 1.54) is 6.34 Å². The third kappa shape index (κ3) is 5.86. The highest BCUT2D eigenvalue weighted by Crippen LogP contribution is 2.13. The summed E-state index contributed by atoms with van der Waals surface area (Å²) in [5, 5.41) is 7.12. The Hall–Kier alpha value is -1.73. The monoisotopic (exact) mass is 211 g/mol. The molecule has 5 nitrogen and oxygen atoms in total. The van der Waals surface area contributed by atoms with Crippen LogP contribution in [0.1, 0.15) is 0 Å². The van der Waals surface area contributed by atoms with Gasteiger partial charge in [-0.2, -0.15) is 13.2 Å². The Kier molecular flexibility index (Phi) is 4.47. The van der Waals surface area contributed by atoms with Crippen molar-refractivity contribution in [3.63, 3.8) is 0 Å². The van der Waals surface area contributed by atoms with Crippen molar-refractivity contribution in [2.24, 2.45) is 4.99 Å². The third-order valence-electron chi connectivity index (χ3n) is 0.915. The summed E-state index contributed by atoms with van der Waals surface area (Å²) in [6.45, 7) is 0.434. The summed E-state index contributed by atoms with van der Waals surface area (Å²) in [7, 11) is 0. The van der Waals surface area contributed by atoms with Gasteiger partial charge in [0.1, 0.15) is 6.20 Å². The van der Waals surface area contributed by atoms with Gasteiger partial charge in [-0.05, 0) is 4.76 Å². The number of aliphatic imine (C=N–C) groups is 1. The fraction of sp³-hybridized carbons (Fsp3) is 0.333. The molecule has 0 aromatic heterocycles. The highest BCUT2D eigenvalue weighted by molar-refractivity contribution is 5.73. The second kappa shape index (κ2) is 5.10. The molecular formula is C6H6F3N2O3+. The van der Waals surface area contributed by atoms with E-state index in [1.807, 2.05) is 0 Å². The molecule has 0 fully saturated rings. The van der Waals surface area contributed by atoms with Gasteiger partial charge in [0.15, 0.2) is 6.54 Å². The number of halogens is 3. The molecule has 0 unspecified atom stereocenters. The van der Waals surface area contributed by atoms with Gasteiger partial charge in [-0.3, -0.25) is 0 Å². The van der Waals surface area contributed by atoms with Gasteiger partial charge in [0.25, 0.3) is 0 Å². The Balaban J connectivity index is 0.000000241. The molecule has 0 atom stereocenters. The Bertz CT molecular complexity index is 283. The van der Waals surface area contributed by atoms with E-state index in [4.69, 9.17) is 9.90 Å². The lowest BCUT2D eigenvalue weighted by atomic mass is 10.6. The van der Waals surface area contributed by atoms with E-state index in [1.54, 1.807) is 12.3 Å². The van der Waals surface area contributed by atoms with Crippen LogP contribution < -0.4 is 0 Å². The van der Waals surface area contributed by atoms with Crippen LogP contribution in [0.5, 0.6) is 0 Å². The van der Waals surface area contributed by atoms with Gasteiger partial charge in [-0.25, -0.2) is 4.79 Å². The molecule has 78 valence electrons. The van der Waals surface area contributed by atoms with E-state index in [0.717, 1.165) is 4.76 Å². The number of carboxylic acid groups (broad SMARTS) is 1. The first-order valence-corrected chi connectivity index (χ1v) is 3.26. The summed E-state index contributed by atoms with van der Waals surface area (Å²) in [6.07, 6.45) is -0.526. The van der Waals surface area contributed by atoms with Crippen molar-refractivity contribution in [1.82, 2.24) is 0 Å². The molecule has 0 aromatic rings. The first kappa shape index (κ1) is 12.3. The van der Waals surface area contributed by atoms with Crippen LogP contribution >= 0.6 is 0 Å². The maximum Gasteiger partial charge on any atom is 0.490 e. The zero-order valence-electron chi connectivity index (χ0n) is 6.73. The largest absolute Gasteiger partial charge is 0.490 e. The van der Waals surface area contributed by atoms with Crippen molar-refractivity contribution in [3.8, 4) is 0 Å². The fourth-order valence-corrected chi connectivity index (χ4v) is 0.372. The van der Waals surface area contributed by atoms with E-state index in [2.05, 4.69) is 4.99 Å². The second-order valence-electron chi connectivity index (χ2n) is 2.05. The molecule has 1 heterocycles. The second-order valence-corrected chi connectivity index (χ2v) is 2.05. The van der Waals surface area contributed by atoms with Gasteiger partial charge in [0.05, 0.1) is 0 Å². The van der Waals surface area contributed by atoms with Crippen LogP contribution in [0.3, 0.4) is 0 Å². The molecule has 1 rings (SSSR count). The van der Waals surface area contributed by atoms with Crippen molar-refractivity contribution in [2.45, 2.75) is 6.18 Å². The van der Waals surface area contributed by atoms with Crippen molar-refractivity contribution in [2.75, 3.05) is 6.54 Å². The van der Waals surface area contributed by atoms with Gasteiger partial charge in [-0.15, -0.1) is 0 Å². The van der Waals surface area contributed by atoms with Crippen LogP contribution in [0.15, 0.2) is 17.3 Å². The van der Waals surface area contributed by atoms with Gasteiger partial charge >= 0.3 is 18.5 Å². The Morgan fingerprint density at radius 2 is 2.00 bits per heavy atom. The first-order valence-electron chi connectivity index (χ1n) is 3.26. The SMILES string of the molecule is O=C(O)C(F)(F)F.O=[N+]1C=NC=CC1. The molecule has 0 spiro atoms. The number of carboxylic acids is 1. The topological polar surface area (TPSA) is 69.7 Å². The summed E-state index contributed by atoms with van der Waals surface area (Å²) in [5.74, 6) is -2.76.